The van der Waals surface area contributed by atoms with Gasteiger partial charge in [0.05, 0.1) is 25.3 Å². The van der Waals surface area contributed by atoms with Gasteiger partial charge in [0.1, 0.15) is 5.82 Å². The molecule has 0 radical (unpaired) electrons. The van der Waals surface area contributed by atoms with Gasteiger partial charge in [-0.2, -0.15) is 0 Å². The number of thiophene rings is 1. The fourth-order valence-corrected chi connectivity index (χ4v) is 2.92. The van der Waals surface area contributed by atoms with Crippen molar-refractivity contribution >= 4 is 40.4 Å². The third-order valence-electron chi connectivity index (χ3n) is 3.43. The number of amides is 2. The van der Waals surface area contributed by atoms with Crippen molar-refractivity contribution in [1.29, 1.82) is 0 Å². The van der Waals surface area contributed by atoms with Crippen LogP contribution in [-0.2, 0) is 16.1 Å². The Hall–Kier alpha value is -1.96. The van der Waals surface area contributed by atoms with Gasteiger partial charge >= 0.3 is 0 Å². The first kappa shape index (κ1) is 19.4. The monoisotopic (exact) mass is 383 g/mol. The van der Waals surface area contributed by atoms with E-state index >= 15 is 0 Å². The Labute approximate surface area is 154 Å². The van der Waals surface area contributed by atoms with Gasteiger partial charge in [-0.3, -0.25) is 14.5 Å². The first-order valence-corrected chi connectivity index (χ1v) is 9.00. The van der Waals surface area contributed by atoms with Crippen molar-refractivity contribution in [3.05, 3.63) is 51.4 Å². The van der Waals surface area contributed by atoms with Crippen LogP contribution in [0.4, 0.5) is 10.1 Å². The average Bonchev–Trinajstić information content (AvgIpc) is 3.08. The summed E-state index contributed by atoms with van der Waals surface area (Å²) in [6.07, 6.45) is 0. The summed E-state index contributed by atoms with van der Waals surface area (Å²) in [4.78, 5) is 26.8. The molecule has 1 aromatic carbocycles. The van der Waals surface area contributed by atoms with E-state index in [2.05, 4.69) is 10.6 Å². The van der Waals surface area contributed by atoms with E-state index in [9.17, 15) is 14.0 Å². The van der Waals surface area contributed by atoms with Crippen LogP contribution < -0.4 is 10.6 Å². The van der Waals surface area contributed by atoms with E-state index in [4.69, 9.17) is 11.6 Å². The Morgan fingerprint density at radius 2 is 2.00 bits per heavy atom. The molecule has 0 aliphatic carbocycles. The summed E-state index contributed by atoms with van der Waals surface area (Å²) in [6.45, 7) is 2.92. The van der Waals surface area contributed by atoms with E-state index in [0.29, 0.717) is 13.1 Å². The quantitative estimate of drug-likeness (QED) is 0.736. The fourth-order valence-electron chi connectivity index (χ4n) is 2.12. The van der Waals surface area contributed by atoms with Crippen molar-refractivity contribution in [3.8, 4) is 0 Å². The van der Waals surface area contributed by atoms with Crippen LogP contribution in [0.3, 0.4) is 0 Å². The Morgan fingerprint density at radius 3 is 2.64 bits per heavy atom. The number of hydrogen-bond donors (Lipinski definition) is 2. The summed E-state index contributed by atoms with van der Waals surface area (Å²) in [5, 5.41) is 7.50. The third kappa shape index (κ3) is 6.45. The van der Waals surface area contributed by atoms with Crippen molar-refractivity contribution < 1.29 is 14.0 Å². The van der Waals surface area contributed by atoms with Crippen LogP contribution in [0.2, 0.25) is 5.02 Å². The summed E-state index contributed by atoms with van der Waals surface area (Å²) < 4.78 is 13.7. The van der Waals surface area contributed by atoms with E-state index in [1.54, 1.807) is 16.2 Å². The number of carbonyl (C=O) groups is 2. The maximum Gasteiger partial charge on any atom is 0.238 e. The first-order valence-electron chi connectivity index (χ1n) is 7.74. The van der Waals surface area contributed by atoms with Crippen molar-refractivity contribution in [2.45, 2.75) is 13.5 Å². The summed E-state index contributed by atoms with van der Waals surface area (Å²) >= 11 is 7.25. The van der Waals surface area contributed by atoms with E-state index in [1.807, 2.05) is 24.4 Å². The molecule has 0 aliphatic rings. The molecule has 25 heavy (non-hydrogen) atoms. The molecule has 2 amide bonds. The van der Waals surface area contributed by atoms with Crippen LogP contribution in [0, 0.1) is 5.82 Å². The van der Waals surface area contributed by atoms with E-state index in [-0.39, 0.29) is 29.7 Å². The van der Waals surface area contributed by atoms with Gasteiger partial charge in [0.2, 0.25) is 11.8 Å². The number of halogens is 2. The minimum Gasteiger partial charge on any atom is -0.350 e. The molecular weight excluding hydrogens is 365 g/mol. The van der Waals surface area contributed by atoms with Crippen molar-refractivity contribution in [2.24, 2.45) is 0 Å². The molecule has 5 nitrogen and oxygen atoms in total. The van der Waals surface area contributed by atoms with Gasteiger partial charge in [-0.05, 0) is 36.2 Å². The molecule has 2 rings (SSSR count). The van der Waals surface area contributed by atoms with Crippen LogP contribution >= 0.6 is 22.9 Å². The predicted octanol–water partition coefficient (Wildman–Crippen LogP) is 3.12. The number of carbonyl (C=O) groups excluding carboxylic acids is 2. The Morgan fingerprint density at radius 1 is 1.24 bits per heavy atom. The molecule has 0 atom stereocenters. The predicted molar refractivity (Wildman–Crippen MR) is 98.3 cm³/mol. The lowest BCUT2D eigenvalue weighted by molar-refractivity contribution is -0.123. The van der Waals surface area contributed by atoms with Gasteiger partial charge in [-0.15, -0.1) is 11.3 Å². The van der Waals surface area contributed by atoms with Crippen LogP contribution in [0.15, 0.2) is 35.7 Å². The molecule has 0 fully saturated rings. The van der Waals surface area contributed by atoms with Gasteiger partial charge < -0.3 is 10.6 Å². The second-order valence-corrected chi connectivity index (χ2v) is 6.80. The molecule has 1 heterocycles. The highest BCUT2D eigenvalue weighted by molar-refractivity contribution is 7.09. The lowest BCUT2D eigenvalue weighted by Crippen LogP contribution is -2.40. The van der Waals surface area contributed by atoms with Gasteiger partial charge in [-0.1, -0.05) is 24.6 Å². The maximum atomic E-state index is 13.7. The largest absolute Gasteiger partial charge is 0.350 e. The van der Waals surface area contributed by atoms with Crippen LogP contribution in [0.25, 0.3) is 0 Å². The zero-order valence-electron chi connectivity index (χ0n) is 13.7. The second-order valence-electron chi connectivity index (χ2n) is 5.33. The maximum absolute atomic E-state index is 13.7. The number of anilines is 1. The molecule has 0 unspecified atom stereocenters. The molecule has 8 heteroatoms. The first-order chi connectivity index (χ1) is 12.0. The zero-order valence-corrected chi connectivity index (χ0v) is 15.3. The van der Waals surface area contributed by atoms with Gasteiger partial charge in [0, 0.05) is 9.90 Å². The standard InChI is InChI=1S/C17H19ClFN3O2S/c1-2-22(10-16(23)20-9-13-4-3-7-25-13)11-17(24)21-15-6-5-12(18)8-14(15)19/h3-8H,2,9-11H2,1H3,(H,20,23)(H,21,24). The SMILES string of the molecule is CCN(CC(=O)NCc1cccs1)CC(=O)Nc1ccc(Cl)cc1F. The average molecular weight is 384 g/mol. The summed E-state index contributed by atoms with van der Waals surface area (Å²) in [6, 6.07) is 7.89. The van der Waals surface area contributed by atoms with Crippen LogP contribution in [-0.4, -0.2) is 36.3 Å². The number of hydrogen-bond acceptors (Lipinski definition) is 4. The highest BCUT2D eigenvalue weighted by atomic mass is 35.5. The summed E-state index contributed by atoms with van der Waals surface area (Å²) in [5.41, 5.74) is 0.0626. The van der Waals surface area contributed by atoms with Crippen LogP contribution in [0.5, 0.6) is 0 Å². The van der Waals surface area contributed by atoms with Gasteiger partial charge in [0.15, 0.2) is 0 Å². The molecule has 2 aromatic rings. The van der Waals surface area contributed by atoms with E-state index in [1.165, 1.54) is 12.1 Å². The lowest BCUT2D eigenvalue weighted by atomic mass is 10.3. The van der Waals surface area contributed by atoms with E-state index < -0.39 is 11.7 Å². The summed E-state index contributed by atoms with van der Waals surface area (Å²) in [5.74, 6) is -1.16. The van der Waals surface area contributed by atoms with Gasteiger partial charge in [0.25, 0.3) is 0 Å². The molecular formula is C17H19ClFN3O2S. The molecule has 0 saturated carbocycles. The molecule has 134 valence electrons. The molecule has 0 saturated heterocycles. The summed E-state index contributed by atoms with van der Waals surface area (Å²) in [7, 11) is 0. The molecule has 0 spiro atoms. The van der Waals surface area contributed by atoms with Crippen molar-refractivity contribution in [3.63, 3.8) is 0 Å². The number of nitrogens with zero attached hydrogens (tertiary/aromatic N) is 1. The van der Waals surface area contributed by atoms with Gasteiger partial charge in [-0.25, -0.2) is 4.39 Å². The molecule has 0 aliphatic heterocycles. The normalized spacial score (nSPS) is 10.7. The third-order valence-corrected chi connectivity index (χ3v) is 4.54. The molecule has 1 aromatic heterocycles. The number of benzene rings is 1. The molecule has 2 N–H and O–H groups in total. The fraction of sp³-hybridized carbons (Fsp3) is 0.294. The minimum atomic E-state index is -0.599. The minimum absolute atomic E-state index is 0.00894. The van der Waals surface area contributed by atoms with E-state index in [0.717, 1.165) is 10.9 Å². The zero-order chi connectivity index (χ0) is 18.2. The number of nitrogens with one attached hydrogen (secondary N) is 2. The number of rotatable bonds is 8. The Balaban J connectivity index is 1.81. The van der Waals surface area contributed by atoms with Crippen LogP contribution in [0.1, 0.15) is 11.8 Å². The highest BCUT2D eigenvalue weighted by Gasteiger charge is 2.14. The lowest BCUT2D eigenvalue weighted by Gasteiger charge is -2.19. The van der Waals surface area contributed by atoms with Crippen molar-refractivity contribution in [2.75, 3.05) is 25.0 Å². The van der Waals surface area contributed by atoms with Crippen molar-refractivity contribution in [1.82, 2.24) is 10.2 Å². The smallest absolute Gasteiger partial charge is 0.238 e. The topological polar surface area (TPSA) is 61.4 Å². The Bertz CT molecular complexity index is 725. The second kappa shape index (κ2) is 9.50. The molecule has 0 bridgehead atoms. The number of likely N-dealkylation sites (N-methyl/N-ethyl adjacent to an activating group) is 1. The Kier molecular flexibility index (Phi) is 7.36. The highest BCUT2D eigenvalue weighted by Crippen LogP contribution is 2.18.